The summed E-state index contributed by atoms with van der Waals surface area (Å²) in [5.74, 6) is 0.340. The van der Waals surface area contributed by atoms with Crippen molar-refractivity contribution in [3.63, 3.8) is 0 Å². The van der Waals surface area contributed by atoms with Gasteiger partial charge >= 0.3 is 0 Å². The smallest absolute Gasteiger partial charge is 0.221 e. The van der Waals surface area contributed by atoms with E-state index < -0.39 is 0 Å². The molecule has 21 heavy (non-hydrogen) atoms. The third-order valence-electron chi connectivity index (χ3n) is 2.99. The molecule has 5 heteroatoms. The standard InChI is InChI=1S/C16H13ClN4/c17-14-8-6-13(7-9-14)15-11-21(16(18)20-15)19-10-12-4-2-1-3-5-12/h1-11H,(H2,18,20)/b19-10-. The van der Waals surface area contributed by atoms with Crippen molar-refractivity contribution in [2.75, 3.05) is 5.73 Å². The number of hydrogen-bond acceptors (Lipinski definition) is 3. The highest BCUT2D eigenvalue weighted by molar-refractivity contribution is 6.30. The van der Waals surface area contributed by atoms with E-state index in [1.165, 1.54) is 0 Å². The molecule has 0 saturated carbocycles. The second-order valence-corrected chi connectivity index (χ2v) is 4.93. The van der Waals surface area contributed by atoms with E-state index >= 15 is 0 Å². The molecule has 0 atom stereocenters. The van der Waals surface area contributed by atoms with Crippen molar-refractivity contribution in [3.05, 3.63) is 71.4 Å². The van der Waals surface area contributed by atoms with E-state index in [0.717, 1.165) is 16.8 Å². The first kappa shape index (κ1) is 13.4. The predicted molar refractivity (Wildman–Crippen MR) is 86.5 cm³/mol. The molecule has 2 aromatic carbocycles. The molecule has 3 aromatic rings. The van der Waals surface area contributed by atoms with Gasteiger partial charge in [0.25, 0.3) is 0 Å². The monoisotopic (exact) mass is 296 g/mol. The van der Waals surface area contributed by atoms with Gasteiger partial charge in [-0.05, 0) is 17.7 Å². The van der Waals surface area contributed by atoms with Crippen LogP contribution < -0.4 is 5.73 Å². The summed E-state index contributed by atoms with van der Waals surface area (Å²) in [6.45, 7) is 0. The van der Waals surface area contributed by atoms with E-state index in [1.807, 2.05) is 54.6 Å². The number of imidazole rings is 1. The Bertz CT molecular complexity index is 761. The first-order valence-corrected chi connectivity index (χ1v) is 6.80. The number of nitrogen functional groups attached to an aromatic ring is 1. The molecule has 0 bridgehead atoms. The lowest BCUT2D eigenvalue weighted by Gasteiger charge is -1.95. The van der Waals surface area contributed by atoms with Gasteiger partial charge in [-0.15, -0.1) is 0 Å². The Morgan fingerprint density at radius 3 is 2.48 bits per heavy atom. The van der Waals surface area contributed by atoms with Crippen LogP contribution in [-0.4, -0.2) is 15.9 Å². The van der Waals surface area contributed by atoms with Crippen LogP contribution in [0.15, 0.2) is 65.9 Å². The number of benzene rings is 2. The number of nitrogens with two attached hydrogens (primary N) is 1. The molecule has 0 aliphatic carbocycles. The predicted octanol–water partition coefficient (Wildman–Crippen LogP) is 3.67. The van der Waals surface area contributed by atoms with Gasteiger partial charge in [-0.2, -0.15) is 5.10 Å². The third-order valence-corrected chi connectivity index (χ3v) is 3.24. The summed E-state index contributed by atoms with van der Waals surface area (Å²) in [6, 6.07) is 17.2. The molecule has 0 unspecified atom stereocenters. The van der Waals surface area contributed by atoms with Crippen molar-refractivity contribution in [1.82, 2.24) is 9.66 Å². The van der Waals surface area contributed by atoms with E-state index in [9.17, 15) is 0 Å². The number of halogens is 1. The van der Waals surface area contributed by atoms with Gasteiger partial charge in [0.1, 0.15) is 0 Å². The fourth-order valence-electron chi connectivity index (χ4n) is 1.91. The molecular weight excluding hydrogens is 284 g/mol. The fourth-order valence-corrected chi connectivity index (χ4v) is 2.03. The second kappa shape index (κ2) is 5.81. The molecule has 2 N–H and O–H groups in total. The zero-order valence-electron chi connectivity index (χ0n) is 11.1. The fraction of sp³-hybridized carbons (Fsp3) is 0. The number of nitrogens with zero attached hydrogens (tertiary/aromatic N) is 3. The molecule has 0 aliphatic heterocycles. The van der Waals surface area contributed by atoms with Crippen LogP contribution in [0.3, 0.4) is 0 Å². The molecule has 1 heterocycles. The summed E-state index contributed by atoms with van der Waals surface area (Å²) in [6.07, 6.45) is 3.53. The second-order valence-electron chi connectivity index (χ2n) is 4.49. The normalized spacial score (nSPS) is 11.1. The van der Waals surface area contributed by atoms with Gasteiger partial charge in [0, 0.05) is 10.6 Å². The molecule has 0 spiro atoms. The third kappa shape index (κ3) is 3.12. The van der Waals surface area contributed by atoms with Crippen molar-refractivity contribution < 1.29 is 0 Å². The summed E-state index contributed by atoms with van der Waals surface area (Å²) >= 11 is 5.88. The topological polar surface area (TPSA) is 56.2 Å². The molecule has 4 nitrogen and oxygen atoms in total. The summed E-state index contributed by atoms with van der Waals surface area (Å²) in [7, 11) is 0. The van der Waals surface area contributed by atoms with Crippen LogP contribution in [0.2, 0.25) is 5.02 Å². The van der Waals surface area contributed by atoms with Crippen LogP contribution in [0.5, 0.6) is 0 Å². The first-order valence-electron chi connectivity index (χ1n) is 6.42. The van der Waals surface area contributed by atoms with Gasteiger partial charge in [0.2, 0.25) is 5.95 Å². The lowest BCUT2D eigenvalue weighted by molar-refractivity contribution is 0.898. The van der Waals surface area contributed by atoms with Crippen molar-refractivity contribution >= 4 is 23.8 Å². The lowest BCUT2D eigenvalue weighted by Crippen LogP contribution is -1.96. The molecule has 104 valence electrons. The zero-order valence-corrected chi connectivity index (χ0v) is 11.9. The Balaban J connectivity index is 1.88. The first-order chi connectivity index (χ1) is 10.2. The van der Waals surface area contributed by atoms with Crippen molar-refractivity contribution in [3.8, 4) is 11.3 Å². The van der Waals surface area contributed by atoms with Crippen LogP contribution in [0.4, 0.5) is 5.95 Å². The maximum absolute atomic E-state index is 5.88. The van der Waals surface area contributed by atoms with Gasteiger partial charge in [0.05, 0.1) is 18.1 Å². The molecular formula is C16H13ClN4. The Morgan fingerprint density at radius 1 is 1.05 bits per heavy atom. The molecule has 0 saturated heterocycles. The summed E-state index contributed by atoms with van der Waals surface area (Å²) in [5.41, 5.74) is 8.59. The highest BCUT2D eigenvalue weighted by Gasteiger charge is 2.06. The molecule has 1 aromatic heterocycles. The summed E-state index contributed by atoms with van der Waals surface area (Å²) in [4.78, 5) is 4.31. The number of rotatable bonds is 3. The minimum atomic E-state index is 0.340. The molecule has 0 amide bonds. The highest BCUT2D eigenvalue weighted by atomic mass is 35.5. The van der Waals surface area contributed by atoms with E-state index in [1.54, 1.807) is 17.1 Å². The van der Waals surface area contributed by atoms with Crippen LogP contribution >= 0.6 is 11.6 Å². The average molecular weight is 297 g/mol. The van der Waals surface area contributed by atoms with E-state index in [2.05, 4.69) is 10.1 Å². The van der Waals surface area contributed by atoms with Gasteiger partial charge in [-0.25, -0.2) is 9.66 Å². The van der Waals surface area contributed by atoms with Gasteiger partial charge in [-0.3, -0.25) is 0 Å². The van der Waals surface area contributed by atoms with E-state index in [0.29, 0.717) is 11.0 Å². The maximum Gasteiger partial charge on any atom is 0.221 e. The van der Waals surface area contributed by atoms with Crippen LogP contribution in [0.25, 0.3) is 11.3 Å². The van der Waals surface area contributed by atoms with Crippen molar-refractivity contribution in [1.29, 1.82) is 0 Å². The SMILES string of the molecule is Nc1nc(-c2ccc(Cl)cc2)cn1/N=C\c1ccccc1. The summed E-state index contributed by atoms with van der Waals surface area (Å²) < 4.78 is 1.55. The molecule has 0 fully saturated rings. The van der Waals surface area contributed by atoms with Crippen LogP contribution in [-0.2, 0) is 0 Å². The maximum atomic E-state index is 5.88. The van der Waals surface area contributed by atoms with Crippen molar-refractivity contribution in [2.24, 2.45) is 5.10 Å². The highest BCUT2D eigenvalue weighted by Crippen LogP contribution is 2.21. The quantitative estimate of drug-likeness (QED) is 0.750. The number of anilines is 1. The number of hydrogen-bond donors (Lipinski definition) is 1. The minimum absolute atomic E-state index is 0.340. The van der Waals surface area contributed by atoms with Gasteiger partial charge in [0.15, 0.2) is 0 Å². The number of aromatic nitrogens is 2. The molecule has 0 radical (unpaired) electrons. The molecule has 3 rings (SSSR count). The van der Waals surface area contributed by atoms with Crippen molar-refractivity contribution in [2.45, 2.75) is 0 Å². The minimum Gasteiger partial charge on any atom is -0.368 e. The van der Waals surface area contributed by atoms with E-state index in [4.69, 9.17) is 17.3 Å². The van der Waals surface area contributed by atoms with Gasteiger partial charge in [-0.1, -0.05) is 54.1 Å². The zero-order chi connectivity index (χ0) is 14.7. The van der Waals surface area contributed by atoms with Gasteiger partial charge < -0.3 is 5.73 Å². The largest absolute Gasteiger partial charge is 0.368 e. The van der Waals surface area contributed by atoms with Crippen LogP contribution in [0, 0.1) is 0 Å². The lowest BCUT2D eigenvalue weighted by atomic mass is 10.2. The Kier molecular flexibility index (Phi) is 3.71. The Morgan fingerprint density at radius 2 is 1.76 bits per heavy atom. The Hall–Kier alpha value is -2.59. The van der Waals surface area contributed by atoms with Crippen LogP contribution in [0.1, 0.15) is 5.56 Å². The summed E-state index contributed by atoms with van der Waals surface area (Å²) in [5, 5.41) is 5.01. The Labute approximate surface area is 127 Å². The van der Waals surface area contributed by atoms with E-state index in [-0.39, 0.29) is 0 Å². The average Bonchev–Trinajstić information content (AvgIpc) is 2.88. The molecule has 0 aliphatic rings.